The number of nitrogens with zero attached hydrogens (tertiary/aromatic N) is 1. The predicted octanol–water partition coefficient (Wildman–Crippen LogP) is 2.33. The first-order valence-electron chi connectivity index (χ1n) is 7.29. The van der Waals surface area contributed by atoms with Gasteiger partial charge in [0.05, 0.1) is 25.2 Å². The first kappa shape index (κ1) is 13.9. The zero-order valence-corrected chi connectivity index (χ0v) is 11.9. The van der Waals surface area contributed by atoms with Gasteiger partial charge in [-0.2, -0.15) is 0 Å². The lowest BCUT2D eigenvalue weighted by atomic mass is 9.92. The average Bonchev–Trinajstić information content (AvgIpc) is 3.04. The molecule has 1 amide bonds. The second-order valence-corrected chi connectivity index (χ2v) is 5.37. The normalized spacial score (nSPS) is 17.6. The summed E-state index contributed by atoms with van der Waals surface area (Å²) in [5, 5.41) is 9.70. The van der Waals surface area contributed by atoms with Gasteiger partial charge in [-0.25, -0.2) is 0 Å². The van der Waals surface area contributed by atoms with Crippen LogP contribution in [0.25, 0.3) is 0 Å². The topological polar surface area (TPSA) is 53.7 Å². The summed E-state index contributed by atoms with van der Waals surface area (Å²) in [6, 6.07) is 9.70. The number of hydrogen-bond donors (Lipinski definition) is 1. The van der Waals surface area contributed by atoms with Crippen LogP contribution in [-0.4, -0.2) is 29.1 Å². The summed E-state index contributed by atoms with van der Waals surface area (Å²) in [7, 11) is 0. The predicted molar refractivity (Wildman–Crippen MR) is 78.7 cm³/mol. The zero-order chi connectivity index (χ0) is 14.7. The molecule has 0 radical (unpaired) electrons. The van der Waals surface area contributed by atoms with E-state index in [1.54, 1.807) is 12.5 Å². The SMILES string of the molecule is O=C(CCc1ccoc1)N1CCc2ccccc2[C@@H]1CO. The van der Waals surface area contributed by atoms with Crippen LogP contribution < -0.4 is 0 Å². The highest BCUT2D eigenvalue weighted by Gasteiger charge is 2.29. The van der Waals surface area contributed by atoms with Crippen molar-refractivity contribution in [1.29, 1.82) is 0 Å². The molecule has 0 aliphatic carbocycles. The maximum atomic E-state index is 12.5. The Morgan fingerprint density at radius 2 is 2.19 bits per heavy atom. The maximum absolute atomic E-state index is 12.5. The smallest absolute Gasteiger partial charge is 0.223 e. The van der Waals surface area contributed by atoms with Crippen molar-refractivity contribution in [2.45, 2.75) is 25.3 Å². The van der Waals surface area contributed by atoms with Crippen molar-refractivity contribution < 1.29 is 14.3 Å². The van der Waals surface area contributed by atoms with E-state index in [1.807, 2.05) is 29.2 Å². The minimum absolute atomic E-state index is 0.0333. The van der Waals surface area contributed by atoms with Crippen LogP contribution in [0.1, 0.15) is 29.2 Å². The Bertz CT molecular complexity index is 606. The van der Waals surface area contributed by atoms with Gasteiger partial charge in [-0.1, -0.05) is 24.3 Å². The molecule has 4 heteroatoms. The molecule has 2 aromatic rings. The van der Waals surface area contributed by atoms with Crippen LogP contribution in [0.4, 0.5) is 0 Å². The third-order valence-corrected chi connectivity index (χ3v) is 4.11. The summed E-state index contributed by atoms with van der Waals surface area (Å²) in [6.07, 6.45) is 5.25. The summed E-state index contributed by atoms with van der Waals surface area (Å²) in [5.41, 5.74) is 3.33. The number of aliphatic hydroxyl groups excluding tert-OH is 1. The Balaban J connectivity index is 1.71. The standard InChI is InChI=1S/C17H19NO3/c19-11-16-15-4-2-1-3-14(15)7-9-18(16)17(20)6-5-13-8-10-21-12-13/h1-4,8,10,12,16,19H,5-7,9,11H2/t16-/m0/s1. The van der Waals surface area contributed by atoms with Gasteiger partial charge in [-0.3, -0.25) is 4.79 Å². The first-order chi connectivity index (χ1) is 10.3. The van der Waals surface area contributed by atoms with Crippen LogP contribution in [0.3, 0.4) is 0 Å². The molecular weight excluding hydrogens is 266 g/mol. The molecule has 1 aliphatic rings. The van der Waals surface area contributed by atoms with Crippen molar-refractivity contribution in [3.8, 4) is 0 Å². The van der Waals surface area contributed by atoms with Gasteiger partial charge in [0.25, 0.3) is 0 Å². The molecule has 110 valence electrons. The third kappa shape index (κ3) is 2.85. The zero-order valence-electron chi connectivity index (χ0n) is 11.9. The minimum atomic E-state index is -0.216. The van der Waals surface area contributed by atoms with Crippen molar-refractivity contribution >= 4 is 5.91 Å². The Hall–Kier alpha value is -2.07. The molecule has 3 rings (SSSR count). The van der Waals surface area contributed by atoms with Crippen LogP contribution in [0, 0.1) is 0 Å². The third-order valence-electron chi connectivity index (χ3n) is 4.11. The lowest BCUT2D eigenvalue weighted by molar-refractivity contribution is -0.135. The van der Waals surface area contributed by atoms with Crippen LogP contribution in [0.5, 0.6) is 0 Å². The fraction of sp³-hybridized carbons (Fsp3) is 0.353. The van der Waals surface area contributed by atoms with E-state index in [1.165, 1.54) is 5.56 Å². The van der Waals surface area contributed by atoms with Crippen LogP contribution in [0.15, 0.2) is 47.3 Å². The Morgan fingerprint density at radius 1 is 1.33 bits per heavy atom. The van der Waals surface area contributed by atoms with Gasteiger partial charge in [-0.15, -0.1) is 0 Å². The van der Waals surface area contributed by atoms with Crippen molar-refractivity contribution in [2.75, 3.05) is 13.2 Å². The van der Waals surface area contributed by atoms with E-state index >= 15 is 0 Å². The average molecular weight is 285 g/mol. The van der Waals surface area contributed by atoms with E-state index in [-0.39, 0.29) is 18.6 Å². The van der Waals surface area contributed by atoms with Crippen molar-refractivity contribution in [3.05, 3.63) is 59.5 Å². The fourth-order valence-corrected chi connectivity index (χ4v) is 2.98. The van der Waals surface area contributed by atoms with E-state index in [2.05, 4.69) is 6.07 Å². The molecule has 1 N–H and O–H groups in total. The van der Waals surface area contributed by atoms with Gasteiger partial charge < -0.3 is 14.4 Å². The van der Waals surface area contributed by atoms with E-state index in [9.17, 15) is 9.90 Å². The van der Waals surface area contributed by atoms with E-state index in [4.69, 9.17) is 4.42 Å². The second-order valence-electron chi connectivity index (χ2n) is 5.37. The molecule has 0 bridgehead atoms. The number of aryl methyl sites for hydroxylation is 1. The van der Waals surface area contributed by atoms with Gasteiger partial charge in [-0.05, 0) is 35.6 Å². The van der Waals surface area contributed by atoms with Crippen LogP contribution >= 0.6 is 0 Å². The quantitative estimate of drug-likeness (QED) is 0.938. The van der Waals surface area contributed by atoms with Crippen LogP contribution in [0.2, 0.25) is 0 Å². The highest BCUT2D eigenvalue weighted by atomic mass is 16.3. The number of hydrogen-bond acceptors (Lipinski definition) is 3. The van der Waals surface area contributed by atoms with Crippen molar-refractivity contribution in [1.82, 2.24) is 4.90 Å². The Labute approximate surface area is 124 Å². The van der Waals surface area contributed by atoms with Gasteiger partial charge in [0.1, 0.15) is 0 Å². The van der Waals surface area contributed by atoms with E-state index in [0.29, 0.717) is 19.4 Å². The van der Waals surface area contributed by atoms with E-state index in [0.717, 1.165) is 17.5 Å². The van der Waals surface area contributed by atoms with Crippen molar-refractivity contribution in [2.24, 2.45) is 0 Å². The minimum Gasteiger partial charge on any atom is -0.472 e. The highest BCUT2D eigenvalue weighted by Crippen LogP contribution is 2.29. The highest BCUT2D eigenvalue weighted by molar-refractivity contribution is 5.77. The monoisotopic (exact) mass is 285 g/mol. The van der Waals surface area contributed by atoms with Gasteiger partial charge in [0, 0.05) is 13.0 Å². The molecule has 0 saturated carbocycles. The number of carbonyl (C=O) groups is 1. The molecule has 1 aromatic heterocycles. The summed E-state index contributed by atoms with van der Waals surface area (Å²) in [5.74, 6) is 0.0877. The number of carbonyl (C=O) groups excluding carboxylic acids is 1. The van der Waals surface area contributed by atoms with Gasteiger partial charge in [0.15, 0.2) is 0 Å². The molecule has 21 heavy (non-hydrogen) atoms. The number of furan rings is 1. The lowest BCUT2D eigenvalue weighted by Gasteiger charge is -2.36. The second kappa shape index (κ2) is 6.14. The van der Waals surface area contributed by atoms with Crippen LogP contribution in [-0.2, 0) is 17.6 Å². The Kier molecular flexibility index (Phi) is 4.06. The van der Waals surface area contributed by atoms with Gasteiger partial charge >= 0.3 is 0 Å². The molecule has 0 spiro atoms. The molecule has 0 fully saturated rings. The largest absolute Gasteiger partial charge is 0.472 e. The fourth-order valence-electron chi connectivity index (χ4n) is 2.98. The lowest BCUT2D eigenvalue weighted by Crippen LogP contribution is -2.41. The number of fused-ring (bicyclic) bond motifs is 1. The van der Waals surface area contributed by atoms with Gasteiger partial charge in [0.2, 0.25) is 5.91 Å². The summed E-state index contributed by atoms with van der Waals surface area (Å²) in [6.45, 7) is 0.640. The molecule has 1 aliphatic heterocycles. The number of benzene rings is 1. The molecule has 4 nitrogen and oxygen atoms in total. The number of aliphatic hydroxyl groups is 1. The molecule has 2 heterocycles. The summed E-state index contributed by atoms with van der Waals surface area (Å²) < 4.78 is 5.02. The maximum Gasteiger partial charge on any atom is 0.223 e. The number of amides is 1. The molecule has 1 aromatic carbocycles. The van der Waals surface area contributed by atoms with Crippen molar-refractivity contribution in [3.63, 3.8) is 0 Å². The van der Waals surface area contributed by atoms with E-state index < -0.39 is 0 Å². The summed E-state index contributed by atoms with van der Waals surface area (Å²) >= 11 is 0. The molecule has 0 saturated heterocycles. The summed E-state index contributed by atoms with van der Waals surface area (Å²) in [4.78, 5) is 14.3. The first-order valence-corrected chi connectivity index (χ1v) is 7.29. The number of rotatable bonds is 4. The Morgan fingerprint density at radius 3 is 2.95 bits per heavy atom. The molecule has 1 atom stereocenters. The molecular formula is C17H19NO3. The molecule has 0 unspecified atom stereocenters.